The van der Waals surface area contributed by atoms with Crippen LogP contribution in [0.1, 0.15) is 29.8 Å². The predicted octanol–water partition coefficient (Wildman–Crippen LogP) is 0.129. The van der Waals surface area contributed by atoms with E-state index in [0.29, 0.717) is 51.0 Å². The Morgan fingerprint density at radius 1 is 1.04 bits per heavy atom. The Morgan fingerprint density at radius 3 is 2.54 bits per heavy atom. The van der Waals surface area contributed by atoms with E-state index in [-0.39, 0.29) is 17.9 Å². The fourth-order valence-electron chi connectivity index (χ4n) is 3.44. The summed E-state index contributed by atoms with van der Waals surface area (Å²) in [5, 5.41) is 4.34. The molecule has 4 rings (SSSR count). The monoisotopic (exact) mass is 334 g/mol. The van der Waals surface area contributed by atoms with E-state index >= 15 is 0 Å². The lowest BCUT2D eigenvalue weighted by atomic mass is 10.2. The Hall–Kier alpha value is -2.09. The molecule has 0 radical (unpaired) electrons. The third-order valence-electron chi connectivity index (χ3n) is 4.81. The normalized spacial score (nSPS) is 23.8. The fraction of sp³-hybridized carbons (Fsp3) is 0.688. The maximum Gasteiger partial charge on any atom is 0.274 e. The van der Waals surface area contributed by atoms with Crippen LogP contribution in [-0.2, 0) is 16.1 Å². The van der Waals surface area contributed by atoms with Crippen LogP contribution in [0.5, 0.6) is 5.88 Å². The molecule has 0 bridgehead atoms. The van der Waals surface area contributed by atoms with Crippen molar-refractivity contribution in [2.75, 3.05) is 39.4 Å². The van der Waals surface area contributed by atoms with Crippen molar-refractivity contribution in [2.45, 2.75) is 31.9 Å². The highest BCUT2D eigenvalue weighted by atomic mass is 16.5. The quantitative estimate of drug-likeness (QED) is 0.768. The molecule has 24 heavy (non-hydrogen) atoms. The van der Waals surface area contributed by atoms with Crippen LogP contribution in [0.15, 0.2) is 6.07 Å². The first-order chi connectivity index (χ1) is 11.7. The summed E-state index contributed by atoms with van der Waals surface area (Å²) in [4.78, 5) is 28.5. The van der Waals surface area contributed by atoms with Crippen LogP contribution >= 0.6 is 0 Å². The van der Waals surface area contributed by atoms with Gasteiger partial charge >= 0.3 is 0 Å². The molecule has 0 N–H and O–H groups in total. The molecule has 1 aromatic rings. The van der Waals surface area contributed by atoms with E-state index in [9.17, 15) is 9.59 Å². The minimum atomic E-state index is -0.288. The van der Waals surface area contributed by atoms with Gasteiger partial charge in [0.25, 0.3) is 11.8 Å². The minimum Gasteiger partial charge on any atom is -0.478 e. The molecule has 2 fully saturated rings. The number of hydrogen-bond donors (Lipinski definition) is 0. The van der Waals surface area contributed by atoms with E-state index in [0.717, 1.165) is 25.8 Å². The molecule has 1 aromatic heterocycles. The summed E-state index contributed by atoms with van der Waals surface area (Å²) in [7, 11) is 0. The van der Waals surface area contributed by atoms with Gasteiger partial charge in [-0.3, -0.25) is 9.59 Å². The summed E-state index contributed by atoms with van der Waals surface area (Å²) in [5.74, 6) is 0.631. The van der Waals surface area contributed by atoms with Crippen LogP contribution in [-0.4, -0.2) is 76.9 Å². The van der Waals surface area contributed by atoms with Gasteiger partial charge in [0.2, 0.25) is 5.88 Å². The average molecular weight is 334 g/mol. The molecule has 2 saturated heterocycles. The number of amides is 2. The van der Waals surface area contributed by atoms with Gasteiger partial charge in [-0.05, 0) is 12.8 Å². The van der Waals surface area contributed by atoms with Crippen LogP contribution in [0.25, 0.3) is 0 Å². The molecule has 4 heterocycles. The maximum absolute atomic E-state index is 12.6. The number of ether oxygens (including phenoxy) is 2. The second-order valence-electron chi connectivity index (χ2n) is 6.41. The Balaban J connectivity index is 1.36. The number of carbonyl (C=O) groups is 2. The van der Waals surface area contributed by atoms with Crippen LogP contribution in [0.3, 0.4) is 0 Å². The molecule has 0 spiro atoms. The topological polar surface area (TPSA) is 76.9 Å². The molecular weight excluding hydrogens is 312 g/mol. The molecule has 8 heteroatoms. The third-order valence-corrected chi connectivity index (χ3v) is 4.81. The van der Waals surface area contributed by atoms with E-state index in [2.05, 4.69) is 5.10 Å². The number of carbonyl (C=O) groups excluding carboxylic acids is 2. The summed E-state index contributed by atoms with van der Waals surface area (Å²) < 4.78 is 12.7. The Labute approximate surface area is 140 Å². The molecule has 0 saturated carbocycles. The summed E-state index contributed by atoms with van der Waals surface area (Å²) in [6.07, 6.45) is 2.37. The van der Waals surface area contributed by atoms with Crippen LogP contribution in [0.2, 0.25) is 0 Å². The first-order valence-electron chi connectivity index (χ1n) is 8.63. The Bertz CT molecular complexity index is 607. The van der Waals surface area contributed by atoms with Crippen molar-refractivity contribution in [1.82, 2.24) is 19.6 Å². The number of hydrogen-bond acceptors (Lipinski definition) is 5. The molecule has 3 aliphatic rings. The number of aromatic nitrogens is 2. The number of rotatable bonds is 2. The smallest absolute Gasteiger partial charge is 0.274 e. The van der Waals surface area contributed by atoms with E-state index < -0.39 is 0 Å². The maximum atomic E-state index is 12.6. The third kappa shape index (κ3) is 2.86. The zero-order chi connectivity index (χ0) is 16.5. The number of piperazine rings is 1. The van der Waals surface area contributed by atoms with Gasteiger partial charge in [0.15, 0.2) is 5.69 Å². The lowest BCUT2D eigenvalue weighted by Gasteiger charge is -2.35. The van der Waals surface area contributed by atoms with Crippen molar-refractivity contribution in [3.8, 4) is 5.88 Å². The average Bonchev–Trinajstić information content (AvgIpc) is 3.30. The zero-order valence-electron chi connectivity index (χ0n) is 13.6. The van der Waals surface area contributed by atoms with Crippen molar-refractivity contribution in [3.63, 3.8) is 0 Å². The van der Waals surface area contributed by atoms with Gasteiger partial charge in [-0.15, -0.1) is 0 Å². The summed E-state index contributed by atoms with van der Waals surface area (Å²) >= 11 is 0. The second-order valence-corrected chi connectivity index (χ2v) is 6.41. The molecule has 0 aromatic carbocycles. The van der Waals surface area contributed by atoms with E-state index in [4.69, 9.17) is 9.47 Å². The molecule has 0 unspecified atom stereocenters. The number of aryl methyl sites for hydroxylation is 1. The molecular formula is C16H22N4O4. The highest BCUT2D eigenvalue weighted by molar-refractivity contribution is 5.93. The first kappa shape index (κ1) is 15.4. The van der Waals surface area contributed by atoms with Crippen molar-refractivity contribution in [1.29, 1.82) is 0 Å². The number of nitrogens with zero attached hydrogens (tertiary/aromatic N) is 4. The number of fused-ring (bicyclic) bond motifs is 1. The van der Waals surface area contributed by atoms with Crippen molar-refractivity contribution in [2.24, 2.45) is 0 Å². The van der Waals surface area contributed by atoms with E-state index in [1.165, 1.54) is 0 Å². The minimum absolute atomic E-state index is 0.0606. The van der Waals surface area contributed by atoms with Gasteiger partial charge in [-0.25, -0.2) is 4.68 Å². The highest BCUT2D eigenvalue weighted by Gasteiger charge is 2.32. The van der Waals surface area contributed by atoms with Gasteiger partial charge in [0.05, 0.1) is 6.61 Å². The first-order valence-corrected chi connectivity index (χ1v) is 8.63. The zero-order valence-corrected chi connectivity index (χ0v) is 13.6. The summed E-state index contributed by atoms with van der Waals surface area (Å²) in [6, 6.07) is 1.71. The van der Waals surface area contributed by atoms with Crippen LogP contribution in [0, 0.1) is 0 Å². The SMILES string of the molecule is O=C(c1cc2n(n1)CCCO2)N1CCN(C(=O)[C@H]2CCCO2)CC1. The highest BCUT2D eigenvalue weighted by Crippen LogP contribution is 2.20. The Kier molecular flexibility index (Phi) is 4.13. The van der Waals surface area contributed by atoms with Gasteiger partial charge in [0.1, 0.15) is 6.10 Å². The van der Waals surface area contributed by atoms with Gasteiger partial charge in [-0.1, -0.05) is 0 Å². The molecule has 1 atom stereocenters. The van der Waals surface area contributed by atoms with Gasteiger partial charge in [-0.2, -0.15) is 5.10 Å². The van der Waals surface area contributed by atoms with Crippen molar-refractivity contribution in [3.05, 3.63) is 11.8 Å². The predicted molar refractivity (Wildman–Crippen MR) is 83.8 cm³/mol. The molecule has 8 nitrogen and oxygen atoms in total. The molecule has 0 aliphatic carbocycles. The molecule has 2 amide bonds. The summed E-state index contributed by atoms with van der Waals surface area (Å²) in [6.45, 7) is 4.28. The fourth-order valence-corrected chi connectivity index (χ4v) is 3.44. The van der Waals surface area contributed by atoms with Gasteiger partial charge < -0.3 is 19.3 Å². The molecule has 3 aliphatic heterocycles. The largest absolute Gasteiger partial charge is 0.478 e. The Morgan fingerprint density at radius 2 is 1.83 bits per heavy atom. The standard InChI is InChI=1S/C16H22N4O4/c21-15(12-11-14-20(17-12)4-2-10-24-14)18-5-7-19(8-6-18)16(22)13-3-1-9-23-13/h11,13H,1-10H2/t13-/m1/s1. The molecule has 130 valence electrons. The van der Waals surface area contributed by atoms with Crippen LogP contribution < -0.4 is 4.74 Å². The lowest BCUT2D eigenvalue weighted by molar-refractivity contribution is -0.142. The summed E-state index contributed by atoms with van der Waals surface area (Å²) in [5.41, 5.74) is 0.422. The van der Waals surface area contributed by atoms with Crippen molar-refractivity contribution >= 4 is 11.8 Å². The second kappa shape index (κ2) is 6.43. The lowest BCUT2D eigenvalue weighted by Crippen LogP contribution is -2.52. The van der Waals surface area contributed by atoms with E-state index in [1.807, 2.05) is 0 Å². The van der Waals surface area contributed by atoms with E-state index in [1.54, 1.807) is 20.5 Å². The van der Waals surface area contributed by atoms with Crippen LogP contribution in [0.4, 0.5) is 0 Å². The van der Waals surface area contributed by atoms with Crippen molar-refractivity contribution < 1.29 is 19.1 Å². The van der Waals surface area contributed by atoms with Gasteiger partial charge in [0, 0.05) is 51.8 Å².